The molecule has 0 aliphatic carbocycles. The Morgan fingerprint density at radius 2 is 2.17 bits per heavy atom. The molecule has 128 valence electrons. The highest BCUT2D eigenvalue weighted by Gasteiger charge is 2.33. The van der Waals surface area contributed by atoms with Gasteiger partial charge in [0.2, 0.25) is 0 Å². The van der Waals surface area contributed by atoms with Crippen LogP contribution >= 0.6 is 0 Å². The van der Waals surface area contributed by atoms with E-state index in [1.165, 1.54) is 18.5 Å². The van der Waals surface area contributed by atoms with Gasteiger partial charge in [0.25, 0.3) is 0 Å². The third-order valence-electron chi connectivity index (χ3n) is 3.76. The molecule has 0 amide bonds. The van der Waals surface area contributed by atoms with Gasteiger partial charge in [0.05, 0.1) is 13.2 Å². The number of hydrogen-bond donors (Lipinski definition) is 1. The van der Waals surface area contributed by atoms with E-state index in [-0.39, 0.29) is 19.0 Å². The van der Waals surface area contributed by atoms with Crippen molar-refractivity contribution in [2.45, 2.75) is 12.1 Å². The number of nitrogens with zero attached hydrogens (tertiary/aromatic N) is 3. The van der Waals surface area contributed by atoms with Gasteiger partial charge in [0.1, 0.15) is 30.1 Å². The van der Waals surface area contributed by atoms with Crippen LogP contribution in [0, 0.1) is 5.82 Å². The Hall–Kier alpha value is -2.09. The number of ether oxygens (including phenoxy) is 2. The number of halogens is 1. The molecule has 1 saturated heterocycles. The van der Waals surface area contributed by atoms with Crippen molar-refractivity contribution in [2.75, 3.05) is 32.9 Å². The molecule has 3 rings (SSSR count). The van der Waals surface area contributed by atoms with Crippen LogP contribution in [-0.2, 0) is 11.3 Å². The fraction of sp³-hybridized carbons (Fsp3) is 0.412. The highest BCUT2D eigenvalue weighted by molar-refractivity contribution is 5.22. The summed E-state index contributed by atoms with van der Waals surface area (Å²) >= 11 is 0. The van der Waals surface area contributed by atoms with Crippen LogP contribution in [0.2, 0.25) is 0 Å². The molecule has 1 aromatic carbocycles. The van der Waals surface area contributed by atoms with Crippen molar-refractivity contribution in [2.24, 2.45) is 0 Å². The van der Waals surface area contributed by atoms with E-state index >= 15 is 0 Å². The average molecular weight is 333 g/mol. The second kappa shape index (κ2) is 7.65. The summed E-state index contributed by atoms with van der Waals surface area (Å²) in [5.74, 6) is 0.0120. The third kappa shape index (κ3) is 4.70. The zero-order valence-corrected chi connectivity index (χ0v) is 13.3. The van der Waals surface area contributed by atoms with Gasteiger partial charge in [0.15, 0.2) is 0 Å². The predicted octanol–water partition coefficient (Wildman–Crippen LogP) is 1.26. The number of benzene rings is 1. The van der Waals surface area contributed by atoms with Gasteiger partial charge >= 0.3 is 0 Å². The van der Waals surface area contributed by atoms with E-state index in [1.807, 2.05) is 0 Å². The minimum Gasteiger partial charge on any atom is -0.490 e. The third-order valence-corrected chi connectivity index (χ3v) is 3.76. The van der Waals surface area contributed by atoms with Crippen molar-refractivity contribution in [3.05, 3.63) is 54.4 Å². The topological polar surface area (TPSA) is 67.7 Å². The van der Waals surface area contributed by atoms with Crippen molar-refractivity contribution >= 4 is 0 Å². The molecule has 6 nitrogen and oxygen atoms in total. The Labute approximate surface area is 139 Å². The van der Waals surface area contributed by atoms with Crippen molar-refractivity contribution < 1.29 is 19.0 Å². The SMILES string of the molecule is O[C@]1(COc2cccc(F)c2)COCCN(Cc2cncnc2)C1. The summed E-state index contributed by atoms with van der Waals surface area (Å²) in [7, 11) is 0. The first-order chi connectivity index (χ1) is 11.6. The van der Waals surface area contributed by atoms with Gasteiger partial charge in [-0.15, -0.1) is 0 Å². The Kier molecular flexibility index (Phi) is 5.34. The van der Waals surface area contributed by atoms with E-state index in [2.05, 4.69) is 14.9 Å². The zero-order chi connectivity index (χ0) is 16.8. The highest BCUT2D eigenvalue weighted by atomic mass is 19.1. The fourth-order valence-corrected chi connectivity index (χ4v) is 2.66. The molecule has 1 N–H and O–H groups in total. The van der Waals surface area contributed by atoms with Gasteiger partial charge in [-0.05, 0) is 12.1 Å². The summed E-state index contributed by atoms with van der Waals surface area (Å²) in [6.45, 7) is 2.42. The van der Waals surface area contributed by atoms with Crippen molar-refractivity contribution in [1.29, 1.82) is 0 Å². The number of rotatable bonds is 5. The van der Waals surface area contributed by atoms with Crippen molar-refractivity contribution in [3.63, 3.8) is 0 Å². The molecule has 0 bridgehead atoms. The molecular formula is C17H20FN3O3. The summed E-state index contributed by atoms with van der Waals surface area (Å²) < 4.78 is 24.3. The summed E-state index contributed by atoms with van der Waals surface area (Å²) in [4.78, 5) is 10.1. The van der Waals surface area contributed by atoms with Crippen LogP contribution in [0.3, 0.4) is 0 Å². The Morgan fingerprint density at radius 3 is 2.96 bits per heavy atom. The molecule has 0 unspecified atom stereocenters. The lowest BCUT2D eigenvalue weighted by Gasteiger charge is -2.30. The smallest absolute Gasteiger partial charge is 0.134 e. The molecular weight excluding hydrogens is 313 g/mol. The van der Waals surface area contributed by atoms with Crippen LogP contribution in [0.4, 0.5) is 4.39 Å². The fourth-order valence-electron chi connectivity index (χ4n) is 2.66. The van der Waals surface area contributed by atoms with Crippen molar-refractivity contribution in [3.8, 4) is 5.75 Å². The van der Waals surface area contributed by atoms with Crippen LogP contribution in [0.1, 0.15) is 5.56 Å². The number of β-amino-alcohol motifs (C(OH)–C–C–N with tert-alkyl or cyclic N) is 1. The van der Waals surface area contributed by atoms with Crippen molar-refractivity contribution in [1.82, 2.24) is 14.9 Å². The van der Waals surface area contributed by atoms with Gasteiger partial charge in [0, 0.05) is 43.7 Å². The molecule has 1 aromatic heterocycles. The van der Waals surface area contributed by atoms with Crippen LogP contribution in [0.5, 0.6) is 5.75 Å². The minimum absolute atomic E-state index is 0.0260. The second-order valence-electron chi connectivity index (χ2n) is 5.98. The zero-order valence-electron chi connectivity index (χ0n) is 13.3. The molecule has 1 aliphatic rings. The molecule has 1 fully saturated rings. The highest BCUT2D eigenvalue weighted by Crippen LogP contribution is 2.18. The number of hydrogen-bond acceptors (Lipinski definition) is 6. The number of aliphatic hydroxyl groups is 1. The number of aromatic nitrogens is 2. The molecule has 0 radical (unpaired) electrons. The lowest BCUT2D eigenvalue weighted by Crippen LogP contribution is -2.48. The quantitative estimate of drug-likeness (QED) is 0.888. The molecule has 24 heavy (non-hydrogen) atoms. The summed E-state index contributed by atoms with van der Waals surface area (Å²) in [6.07, 6.45) is 4.99. The van der Waals surface area contributed by atoms with E-state index in [0.29, 0.717) is 32.0 Å². The summed E-state index contributed by atoms with van der Waals surface area (Å²) in [5.41, 5.74) is -0.203. The standard InChI is InChI=1S/C17H20FN3O3/c18-15-2-1-3-16(6-15)24-12-17(22)10-21(4-5-23-11-17)9-14-7-19-13-20-8-14/h1-3,6-8,13,22H,4-5,9-12H2/t17-/m0/s1. The van der Waals surface area contributed by atoms with E-state index in [4.69, 9.17) is 9.47 Å². The van der Waals surface area contributed by atoms with Gasteiger partial charge in [-0.1, -0.05) is 6.07 Å². The van der Waals surface area contributed by atoms with Crippen LogP contribution in [-0.4, -0.2) is 58.5 Å². The van der Waals surface area contributed by atoms with Gasteiger partial charge < -0.3 is 14.6 Å². The molecule has 1 atom stereocenters. The maximum Gasteiger partial charge on any atom is 0.134 e. The average Bonchev–Trinajstić information content (AvgIpc) is 2.76. The molecule has 7 heteroatoms. The molecule has 0 saturated carbocycles. The molecule has 2 heterocycles. The Balaban J connectivity index is 1.62. The maximum atomic E-state index is 13.2. The summed E-state index contributed by atoms with van der Waals surface area (Å²) in [5, 5.41) is 10.8. The van der Waals surface area contributed by atoms with Crippen LogP contribution < -0.4 is 4.74 Å². The lowest BCUT2D eigenvalue weighted by molar-refractivity contribution is -0.0647. The minimum atomic E-state index is -1.17. The van der Waals surface area contributed by atoms with E-state index in [0.717, 1.165) is 5.56 Å². The largest absolute Gasteiger partial charge is 0.490 e. The maximum absolute atomic E-state index is 13.2. The molecule has 0 spiro atoms. The summed E-state index contributed by atoms with van der Waals surface area (Å²) in [6, 6.07) is 5.86. The van der Waals surface area contributed by atoms with Gasteiger partial charge in [-0.3, -0.25) is 4.90 Å². The first-order valence-corrected chi connectivity index (χ1v) is 7.78. The van der Waals surface area contributed by atoms with E-state index < -0.39 is 5.60 Å². The predicted molar refractivity (Wildman–Crippen MR) is 85.0 cm³/mol. The second-order valence-corrected chi connectivity index (χ2v) is 5.98. The van der Waals surface area contributed by atoms with E-state index in [9.17, 15) is 9.50 Å². The van der Waals surface area contributed by atoms with Gasteiger partial charge in [-0.25, -0.2) is 14.4 Å². The van der Waals surface area contributed by atoms with E-state index in [1.54, 1.807) is 24.5 Å². The van der Waals surface area contributed by atoms with Crippen LogP contribution in [0.15, 0.2) is 43.0 Å². The van der Waals surface area contributed by atoms with Crippen LogP contribution in [0.25, 0.3) is 0 Å². The monoisotopic (exact) mass is 333 g/mol. The lowest BCUT2D eigenvalue weighted by atomic mass is 10.1. The molecule has 2 aromatic rings. The molecule has 1 aliphatic heterocycles. The first kappa shape index (κ1) is 16.8. The first-order valence-electron chi connectivity index (χ1n) is 7.78. The Morgan fingerprint density at radius 1 is 1.33 bits per heavy atom. The Bertz CT molecular complexity index is 659. The van der Waals surface area contributed by atoms with Gasteiger partial charge in [-0.2, -0.15) is 0 Å². The normalized spacial score (nSPS) is 22.1.